The lowest BCUT2D eigenvalue weighted by atomic mass is 9.96. The lowest BCUT2D eigenvalue weighted by Gasteiger charge is -2.38. The third-order valence-corrected chi connectivity index (χ3v) is 9.58. The van der Waals surface area contributed by atoms with Gasteiger partial charge in [0.1, 0.15) is 0 Å². The van der Waals surface area contributed by atoms with E-state index in [4.69, 9.17) is 0 Å². The zero-order valence-corrected chi connectivity index (χ0v) is 19.7. The second-order valence-electron chi connectivity index (χ2n) is 8.35. The molecule has 172 valence electrons. The SMILES string of the molecule is CC(=O)c1ccc(S(=O)(=O)N2CCC(C(=O)N(C3CCS(=O)(=O)C3)N(C)C)CC2)cc1. The third-order valence-electron chi connectivity index (χ3n) is 5.91. The van der Waals surface area contributed by atoms with E-state index in [1.54, 1.807) is 19.1 Å². The Morgan fingerprint density at radius 2 is 1.61 bits per heavy atom. The maximum Gasteiger partial charge on any atom is 0.243 e. The molecule has 0 spiro atoms. The number of hydrazine groups is 1. The normalized spacial score (nSPS) is 22.5. The smallest absolute Gasteiger partial charge is 0.243 e. The predicted molar refractivity (Wildman–Crippen MR) is 116 cm³/mol. The Hall–Kier alpha value is -1.82. The van der Waals surface area contributed by atoms with Gasteiger partial charge >= 0.3 is 0 Å². The Balaban J connectivity index is 1.67. The van der Waals surface area contributed by atoms with E-state index in [1.807, 2.05) is 0 Å². The molecule has 11 heteroatoms. The number of piperidine rings is 1. The monoisotopic (exact) mass is 471 g/mol. The van der Waals surface area contributed by atoms with Crippen molar-refractivity contribution in [3.05, 3.63) is 29.8 Å². The quantitative estimate of drug-likeness (QED) is 0.445. The van der Waals surface area contributed by atoms with Crippen LogP contribution in [-0.2, 0) is 24.7 Å². The fourth-order valence-electron chi connectivity index (χ4n) is 4.21. The first-order valence-electron chi connectivity index (χ1n) is 10.2. The fourth-order valence-corrected chi connectivity index (χ4v) is 7.37. The van der Waals surface area contributed by atoms with Crippen LogP contribution >= 0.6 is 0 Å². The number of amides is 1. The minimum atomic E-state index is -3.71. The summed E-state index contributed by atoms with van der Waals surface area (Å²) in [6, 6.07) is 5.47. The van der Waals surface area contributed by atoms with Crippen LogP contribution in [0.25, 0.3) is 0 Å². The maximum atomic E-state index is 13.2. The molecule has 0 N–H and O–H groups in total. The molecule has 0 saturated carbocycles. The molecule has 1 aromatic carbocycles. The topological polar surface area (TPSA) is 112 Å². The van der Waals surface area contributed by atoms with E-state index < -0.39 is 19.9 Å². The summed E-state index contributed by atoms with van der Waals surface area (Å²) in [5, 5.41) is 3.16. The molecule has 1 unspecified atom stereocenters. The number of sulfone groups is 1. The van der Waals surface area contributed by atoms with Crippen molar-refractivity contribution < 1.29 is 26.4 Å². The molecule has 0 bridgehead atoms. The number of carbonyl (C=O) groups excluding carboxylic acids is 2. The summed E-state index contributed by atoms with van der Waals surface area (Å²) in [5.74, 6) is -0.620. The van der Waals surface area contributed by atoms with Gasteiger partial charge in [0, 0.05) is 38.7 Å². The minimum absolute atomic E-state index is 0.0413. The Morgan fingerprint density at radius 3 is 2.06 bits per heavy atom. The van der Waals surface area contributed by atoms with E-state index in [-0.39, 0.29) is 53.1 Å². The Bertz CT molecular complexity index is 1040. The number of Topliss-reactive ketones (excluding diaryl/α,β-unsaturated/α-hetero) is 1. The highest BCUT2D eigenvalue weighted by molar-refractivity contribution is 7.91. The molecule has 2 aliphatic heterocycles. The van der Waals surface area contributed by atoms with E-state index >= 15 is 0 Å². The van der Waals surface area contributed by atoms with Gasteiger partial charge in [-0.3, -0.25) is 14.6 Å². The molecule has 1 aromatic rings. The van der Waals surface area contributed by atoms with Gasteiger partial charge in [0.15, 0.2) is 15.6 Å². The second-order valence-corrected chi connectivity index (χ2v) is 12.5. The van der Waals surface area contributed by atoms with Crippen LogP contribution in [0.4, 0.5) is 0 Å². The van der Waals surface area contributed by atoms with Crippen molar-refractivity contribution >= 4 is 31.6 Å². The first kappa shape index (κ1) is 23.8. The van der Waals surface area contributed by atoms with Gasteiger partial charge in [-0.15, -0.1) is 0 Å². The average molecular weight is 472 g/mol. The molecule has 0 aliphatic carbocycles. The van der Waals surface area contributed by atoms with Crippen LogP contribution in [-0.4, -0.2) is 87.6 Å². The number of sulfonamides is 1. The van der Waals surface area contributed by atoms with Crippen molar-refractivity contribution in [2.75, 3.05) is 38.7 Å². The average Bonchev–Trinajstić information content (AvgIpc) is 3.07. The molecule has 1 amide bonds. The first-order chi connectivity index (χ1) is 14.4. The largest absolute Gasteiger partial charge is 0.295 e. The van der Waals surface area contributed by atoms with Gasteiger partial charge in [-0.2, -0.15) is 4.31 Å². The van der Waals surface area contributed by atoms with Gasteiger partial charge in [0.05, 0.1) is 22.4 Å². The zero-order chi connectivity index (χ0) is 23.0. The van der Waals surface area contributed by atoms with E-state index in [0.29, 0.717) is 24.8 Å². The second kappa shape index (κ2) is 8.97. The summed E-state index contributed by atoms with van der Waals surface area (Å²) in [6.45, 7) is 1.83. The number of hydrogen-bond acceptors (Lipinski definition) is 7. The number of hydrogen-bond donors (Lipinski definition) is 0. The summed E-state index contributed by atoms with van der Waals surface area (Å²) in [7, 11) is -3.42. The van der Waals surface area contributed by atoms with Crippen LogP contribution in [0.15, 0.2) is 29.2 Å². The highest BCUT2D eigenvalue weighted by Crippen LogP contribution is 2.28. The van der Waals surface area contributed by atoms with Gasteiger partial charge in [-0.25, -0.2) is 21.8 Å². The lowest BCUT2D eigenvalue weighted by Crippen LogP contribution is -2.53. The number of nitrogens with zero attached hydrogens (tertiary/aromatic N) is 3. The fraction of sp³-hybridized carbons (Fsp3) is 0.600. The Morgan fingerprint density at radius 1 is 1.03 bits per heavy atom. The molecular formula is C20H29N3O6S2. The van der Waals surface area contributed by atoms with E-state index in [1.165, 1.54) is 40.5 Å². The van der Waals surface area contributed by atoms with Crippen molar-refractivity contribution in [3.63, 3.8) is 0 Å². The summed E-state index contributed by atoms with van der Waals surface area (Å²) in [5.41, 5.74) is 0.445. The molecular weight excluding hydrogens is 442 g/mol. The Kier molecular flexibility index (Phi) is 6.90. The standard InChI is InChI=1S/C20H29N3O6S2/c1-15(24)16-4-6-19(7-5-16)31(28,29)22-11-8-17(9-12-22)20(25)23(21(2)3)18-10-13-30(26,27)14-18/h4-7,17-18H,8-14H2,1-3H3. The molecule has 2 fully saturated rings. The van der Waals surface area contributed by atoms with E-state index in [0.717, 1.165) is 0 Å². The highest BCUT2D eigenvalue weighted by Gasteiger charge is 2.40. The highest BCUT2D eigenvalue weighted by atomic mass is 32.2. The zero-order valence-electron chi connectivity index (χ0n) is 18.0. The summed E-state index contributed by atoms with van der Waals surface area (Å²) < 4.78 is 51.0. The van der Waals surface area contributed by atoms with E-state index in [9.17, 15) is 26.4 Å². The molecule has 0 radical (unpaired) electrons. The molecule has 31 heavy (non-hydrogen) atoms. The first-order valence-corrected chi connectivity index (χ1v) is 13.5. The summed E-state index contributed by atoms with van der Waals surface area (Å²) in [4.78, 5) is 24.7. The van der Waals surface area contributed by atoms with Crippen LogP contribution < -0.4 is 0 Å². The molecule has 3 rings (SSSR count). The molecule has 2 saturated heterocycles. The number of carbonyl (C=O) groups is 2. The number of ketones is 1. The van der Waals surface area contributed by atoms with Gasteiger partial charge in [-0.05, 0) is 38.3 Å². The third kappa shape index (κ3) is 5.16. The minimum Gasteiger partial charge on any atom is -0.295 e. The van der Waals surface area contributed by atoms with Gasteiger partial charge in [-0.1, -0.05) is 12.1 Å². The molecule has 1 atom stereocenters. The lowest BCUT2D eigenvalue weighted by molar-refractivity contribution is -0.155. The van der Waals surface area contributed by atoms with Gasteiger partial charge in [0.2, 0.25) is 15.9 Å². The van der Waals surface area contributed by atoms with E-state index in [2.05, 4.69) is 0 Å². The molecule has 2 heterocycles. The van der Waals surface area contributed by atoms with Crippen LogP contribution in [0.1, 0.15) is 36.5 Å². The Labute approximate surface area is 183 Å². The number of benzene rings is 1. The van der Waals surface area contributed by atoms with Crippen molar-refractivity contribution in [2.45, 2.75) is 37.1 Å². The van der Waals surface area contributed by atoms with Crippen LogP contribution in [0.3, 0.4) is 0 Å². The summed E-state index contributed by atoms with van der Waals surface area (Å²) in [6.07, 6.45) is 1.15. The van der Waals surface area contributed by atoms with Gasteiger partial charge in [0.25, 0.3) is 0 Å². The maximum absolute atomic E-state index is 13.2. The molecule has 9 nitrogen and oxygen atoms in total. The summed E-state index contributed by atoms with van der Waals surface area (Å²) >= 11 is 0. The van der Waals surface area contributed by atoms with Crippen molar-refractivity contribution in [2.24, 2.45) is 5.92 Å². The van der Waals surface area contributed by atoms with Gasteiger partial charge < -0.3 is 0 Å². The van der Waals surface area contributed by atoms with Crippen molar-refractivity contribution in [1.29, 1.82) is 0 Å². The van der Waals surface area contributed by atoms with Crippen molar-refractivity contribution in [3.8, 4) is 0 Å². The van der Waals surface area contributed by atoms with Crippen LogP contribution in [0.5, 0.6) is 0 Å². The molecule has 2 aliphatic rings. The predicted octanol–water partition coefficient (Wildman–Crippen LogP) is 0.782. The molecule has 0 aromatic heterocycles. The van der Waals surface area contributed by atoms with Crippen LogP contribution in [0.2, 0.25) is 0 Å². The number of rotatable bonds is 6. The van der Waals surface area contributed by atoms with Crippen LogP contribution in [0, 0.1) is 5.92 Å². The van der Waals surface area contributed by atoms with Crippen molar-refractivity contribution in [1.82, 2.24) is 14.3 Å².